The standard InChI is InChI=1S/C17H25NO2S/c1-4-5-10-21-16-9-7-6-8-15(16)17(19)18-11-13(2)20-14(3)12-18/h6-9,13-14H,4-5,10-12H2,1-3H3/t13-,14+. The van der Waals surface area contributed by atoms with E-state index in [1.165, 1.54) is 12.8 Å². The van der Waals surface area contributed by atoms with Crippen LogP contribution in [0.1, 0.15) is 44.0 Å². The Kier molecular flexibility index (Phi) is 6.12. The fourth-order valence-corrected chi connectivity index (χ4v) is 3.75. The van der Waals surface area contributed by atoms with Crippen molar-refractivity contribution in [2.24, 2.45) is 0 Å². The molecule has 0 aliphatic carbocycles. The molecule has 1 aliphatic heterocycles. The monoisotopic (exact) mass is 307 g/mol. The molecule has 1 fully saturated rings. The molecular formula is C17H25NO2S. The van der Waals surface area contributed by atoms with Crippen LogP contribution in [0.4, 0.5) is 0 Å². The number of unbranched alkanes of at least 4 members (excludes halogenated alkanes) is 1. The number of ether oxygens (including phenoxy) is 1. The van der Waals surface area contributed by atoms with Gasteiger partial charge >= 0.3 is 0 Å². The van der Waals surface area contributed by atoms with E-state index >= 15 is 0 Å². The van der Waals surface area contributed by atoms with Crippen molar-refractivity contribution in [1.82, 2.24) is 4.90 Å². The van der Waals surface area contributed by atoms with Crippen LogP contribution in [0.3, 0.4) is 0 Å². The largest absolute Gasteiger partial charge is 0.372 e. The number of hydrogen-bond acceptors (Lipinski definition) is 3. The van der Waals surface area contributed by atoms with Gasteiger partial charge in [0.2, 0.25) is 0 Å². The zero-order valence-electron chi connectivity index (χ0n) is 13.2. The van der Waals surface area contributed by atoms with Crippen molar-refractivity contribution in [3.05, 3.63) is 29.8 Å². The molecular weight excluding hydrogens is 282 g/mol. The molecule has 0 N–H and O–H groups in total. The summed E-state index contributed by atoms with van der Waals surface area (Å²) in [5, 5.41) is 0. The van der Waals surface area contributed by atoms with E-state index in [0.717, 1.165) is 16.2 Å². The van der Waals surface area contributed by atoms with Crippen LogP contribution in [0.25, 0.3) is 0 Å². The molecule has 0 saturated carbocycles. The van der Waals surface area contributed by atoms with Crippen LogP contribution >= 0.6 is 11.8 Å². The normalized spacial score (nSPS) is 22.3. The first-order valence-corrected chi connectivity index (χ1v) is 8.77. The van der Waals surface area contributed by atoms with Crippen molar-refractivity contribution in [3.8, 4) is 0 Å². The smallest absolute Gasteiger partial charge is 0.255 e. The Hall–Kier alpha value is -1.00. The third-order valence-electron chi connectivity index (χ3n) is 3.58. The van der Waals surface area contributed by atoms with E-state index in [9.17, 15) is 4.79 Å². The van der Waals surface area contributed by atoms with Crippen LogP contribution in [-0.2, 0) is 4.74 Å². The molecule has 4 heteroatoms. The summed E-state index contributed by atoms with van der Waals surface area (Å²) in [7, 11) is 0. The molecule has 1 amide bonds. The van der Waals surface area contributed by atoms with Gasteiger partial charge in [0.1, 0.15) is 0 Å². The third-order valence-corrected chi connectivity index (χ3v) is 4.74. The molecule has 1 aromatic rings. The van der Waals surface area contributed by atoms with E-state index in [-0.39, 0.29) is 18.1 Å². The highest BCUT2D eigenvalue weighted by Crippen LogP contribution is 2.26. The number of rotatable bonds is 5. The second-order valence-electron chi connectivity index (χ2n) is 5.67. The topological polar surface area (TPSA) is 29.5 Å². The summed E-state index contributed by atoms with van der Waals surface area (Å²) in [6.07, 6.45) is 2.58. The van der Waals surface area contributed by atoms with E-state index in [1.807, 2.05) is 36.9 Å². The molecule has 0 aromatic heterocycles. The number of carbonyl (C=O) groups is 1. The lowest BCUT2D eigenvalue weighted by Gasteiger charge is -2.35. The molecule has 0 radical (unpaired) electrons. The molecule has 0 spiro atoms. The Morgan fingerprint density at radius 1 is 1.29 bits per heavy atom. The Morgan fingerprint density at radius 2 is 1.95 bits per heavy atom. The van der Waals surface area contributed by atoms with Crippen LogP contribution in [-0.4, -0.2) is 41.9 Å². The summed E-state index contributed by atoms with van der Waals surface area (Å²) in [5.74, 6) is 1.20. The number of carbonyl (C=O) groups excluding carboxylic acids is 1. The highest BCUT2D eigenvalue weighted by Gasteiger charge is 2.27. The van der Waals surface area contributed by atoms with E-state index in [1.54, 1.807) is 11.8 Å². The lowest BCUT2D eigenvalue weighted by molar-refractivity contribution is -0.0586. The molecule has 0 unspecified atom stereocenters. The first kappa shape index (κ1) is 16.4. The highest BCUT2D eigenvalue weighted by atomic mass is 32.2. The Bertz CT molecular complexity index is 468. The van der Waals surface area contributed by atoms with Crippen LogP contribution in [0.2, 0.25) is 0 Å². The quantitative estimate of drug-likeness (QED) is 0.611. The molecule has 1 heterocycles. The predicted octanol–water partition coefficient (Wildman–Crippen LogP) is 3.83. The van der Waals surface area contributed by atoms with Gasteiger partial charge in [-0.25, -0.2) is 0 Å². The first-order chi connectivity index (χ1) is 10.1. The van der Waals surface area contributed by atoms with Gasteiger partial charge in [0.05, 0.1) is 17.8 Å². The number of nitrogens with zero attached hydrogens (tertiary/aromatic N) is 1. The average Bonchev–Trinajstić information content (AvgIpc) is 2.46. The van der Waals surface area contributed by atoms with Crippen molar-refractivity contribution in [2.75, 3.05) is 18.8 Å². The Morgan fingerprint density at radius 3 is 2.62 bits per heavy atom. The average molecular weight is 307 g/mol. The lowest BCUT2D eigenvalue weighted by atomic mass is 10.1. The number of morpholine rings is 1. The zero-order valence-corrected chi connectivity index (χ0v) is 14.0. The minimum absolute atomic E-state index is 0.109. The number of benzene rings is 1. The van der Waals surface area contributed by atoms with Gasteiger partial charge < -0.3 is 9.64 Å². The fraction of sp³-hybridized carbons (Fsp3) is 0.588. The second-order valence-corrected chi connectivity index (χ2v) is 6.80. The molecule has 2 rings (SSSR count). The maximum absolute atomic E-state index is 12.8. The van der Waals surface area contributed by atoms with Gasteiger partial charge in [-0.1, -0.05) is 25.5 Å². The number of thioether (sulfide) groups is 1. The van der Waals surface area contributed by atoms with Gasteiger partial charge in [-0.05, 0) is 38.2 Å². The van der Waals surface area contributed by atoms with Crippen LogP contribution in [0, 0.1) is 0 Å². The van der Waals surface area contributed by atoms with Gasteiger partial charge in [-0.15, -0.1) is 11.8 Å². The summed E-state index contributed by atoms with van der Waals surface area (Å²) in [5.41, 5.74) is 0.833. The summed E-state index contributed by atoms with van der Waals surface area (Å²) in [6, 6.07) is 7.96. The van der Waals surface area contributed by atoms with Crippen molar-refractivity contribution in [3.63, 3.8) is 0 Å². The number of hydrogen-bond donors (Lipinski definition) is 0. The zero-order chi connectivity index (χ0) is 15.2. The summed E-state index contributed by atoms with van der Waals surface area (Å²) >= 11 is 1.79. The molecule has 3 nitrogen and oxygen atoms in total. The van der Waals surface area contributed by atoms with Crippen molar-refractivity contribution >= 4 is 17.7 Å². The summed E-state index contributed by atoms with van der Waals surface area (Å²) in [4.78, 5) is 15.8. The minimum Gasteiger partial charge on any atom is -0.372 e. The van der Waals surface area contributed by atoms with Crippen molar-refractivity contribution in [2.45, 2.75) is 50.7 Å². The summed E-state index contributed by atoms with van der Waals surface area (Å²) in [6.45, 7) is 7.60. The van der Waals surface area contributed by atoms with Gasteiger partial charge in [0.25, 0.3) is 5.91 Å². The maximum atomic E-state index is 12.8. The molecule has 1 aromatic carbocycles. The SMILES string of the molecule is CCCCSc1ccccc1C(=O)N1C[C@@H](C)O[C@@H](C)C1. The molecule has 2 atom stereocenters. The second kappa shape index (κ2) is 7.85. The van der Waals surface area contributed by atoms with Gasteiger partial charge in [-0.3, -0.25) is 4.79 Å². The fourth-order valence-electron chi connectivity index (χ4n) is 2.61. The van der Waals surface area contributed by atoms with E-state index < -0.39 is 0 Å². The lowest BCUT2D eigenvalue weighted by Crippen LogP contribution is -2.48. The Balaban J connectivity index is 2.11. The van der Waals surface area contributed by atoms with Crippen LogP contribution in [0.5, 0.6) is 0 Å². The van der Waals surface area contributed by atoms with Crippen LogP contribution < -0.4 is 0 Å². The van der Waals surface area contributed by atoms with Crippen molar-refractivity contribution in [1.29, 1.82) is 0 Å². The Labute approximate surface area is 132 Å². The van der Waals surface area contributed by atoms with E-state index in [4.69, 9.17) is 4.74 Å². The number of amides is 1. The maximum Gasteiger partial charge on any atom is 0.255 e. The first-order valence-electron chi connectivity index (χ1n) is 7.78. The van der Waals surface area contributed by atoms with E-state index in [0.29, 0.717) is 13.1 Å². The summed E-state index contributed by atoms with van der Waals surface area (Å²) < 4.78 is 5.71. The van der Waals surface area contributed by atoms with Gasteiger partial charge in [0.15, 0.2) is 0 Å². The molecule has 116 valence electrons. The molecule has 0 bridgehead atoms. The third kappa shape index (κ3) is 4.48. The molecule has 21 heavy (non-hydrogen) atoms. The van der Waals surface area contributed by atoms with Crippen molar-refractivity contribution < 1.29 is 9.53 Å². The van der Waals surface area contributed by atoms with E-state index in [2.05, 4.69) is 13.0 Å². The molecule has 1 saturated heterocycles. The van der Waals surface area contributed by atoms with Gasteiger partial charge in [-0.2, -0.15) is 0 Å². The highest BCUT2D eigenvalue weighted by molar-refractivity contribution is 7.99. The van der Waals surface area contributed by atoms with Crippen LogP contribution in [0.15, 0.2) is 29.2 Å². The van der Waals surface area contributed by atoms with Gasteiger partial charge in [0, 0.05) is 18.0 Å². The predicted molar refractivity (Wildman–Crippen MR) is 88.0 cm³/mol. The molecule has 1 aliphatic rings. The minimum atomic E-state index is 0.109.